The number of benzene rings is 2. The maximum absolute atomic E-state index is 12.9. The van der Waals surface area contributed by atoms with Gasteiger partial charge in [-0.05, 0) is 30.0 Å². The van der Waals surface area contributed by atoms with Crippen LogP contribution in [0.5, 0.6) is 0 Å². The van der Waals surface area contributed by atoms with Gasteiger partial charge in [-0.15, -0.1) is 11.8 Å². The monoisotopic (exact) mass is 285 g/mol. The van der Waals surface area contributed by atoms with Gasteiger partial charge in [0, 0.05) is 10.5 Å². The molecule has 0 amide bonds. The van der Waals surface area contributed by atoms with Gasteiger partial charge in [0.2, 0.25) is 0 Å². The molecular weight excluding hydrogens is 273 g/mol. The van der Waals surface area contributed by atoms with E-state index in [4.69, 9.17) is 0 Å². The summed E-state index contributed by atoms with van der Waals surface area (Å²) in [6.45, 7) is 0. The van der Waals surface area contributed by atoms with Gasteiger partial charge in [0.15, 0.2) is 5.78 Å². The minimum atomic E-state index is -0.913. The number of hydrogen-bond acceptors (Lipinski definition) is 3. The molecule has 0 bridgehead atoms. The van der Waals surface area contributed by atoms with E-state index >= 15 is 0 Å². The van der Waals surface area contributed by atoms with Crippen molar-refractivity contribution in [3.8, 4) is 6.07 Å². The van der Waals surface area contributed by atoms with Crippen LogP contribution in [0.15, 0.2) is 53.4 Å². The molecule has 0 saturated heterocycles. The van der Waals surface area contributed by atoms with Gasteiger partial charge in [0.1, 0.15) is 11.7 Å². The highest BCUT2D eigenvalue weighted by Crippen LogP contribution is 2.26. The number of hydrogen-bond donors (Lipinski definition) is 0. The lowest BCUT2D eigenvalue weighted by molar-refractivity contribution is 0.0976. The van der Waals surface area contributed by atoms with Crippen LogP contribution in [-0.4, -0.2) is 12.0 Å². The Morgan fingerprint density at radius 3 is 2.45 bits per heavy atom. The van der Waals surface area contributed by atoms with Crippen molar-refractivity contribution in [2.75, 3.05) is 6.26 Å². The Morgan fingerprint density at radius 1 is 1.20 bits per heavy atom. The van der Waals surface area contributed by atoms with E-state index in [1.807, 2.05) is 24.5 Å². The van der Waals surface area contributed by atoms with Crippen molar-refractivity contribution in [2.45, 2.75) is 10.8 Å². The smallest absolute Gasteiger partial charge is 0.185 e. The molecule has 0 aliphatic carbocycles. The summed E-state index contributed by atoms with van der Waals surface area (Å²) >= 11 is 1.46. The Labute approximate surface area is 121 Å². The Bertz CT molecular complexity index is 661. The van der Waals surface area contributed by atoms with E-state index in [-0.39, 0.29) is 11.6 Å². The second-order valence-corrected chi connectivity index (χ2v) is 5.03. The highest BCUT2D eigenvalue weighted by atomic mass is 32.2. The van der Waals surface area contributed by atoms with E-state index in [2.05, 4.69) is 0 Å². The molecule has 2 rings (SSSR count). The third-order valence-electron chi connectivity index (χ3n) is 2.97. The molecule has 100 valence electrons. The molecular formula is C16H12FNOS. The molecule has 1 atom stereocenters. The lowest BCUT2D eigenvalue weighted by atomic mass is 9.92. The first-order valence-corrected chi connectivity index (χ1v) is 7.22. The predicted octanol–water partition coefficient (Wildman–Crippen LogP) is 4.04. The summed E-state index contributed by atoms with van der Waals surface area (Å²) in [5.74, 6) is -1.56. The number of Topliss-reactive ketones (excluding diaryl/α,β-unsaturated/α-hetero) is 1. The van der Waals surface area contributed by atoms with E-state index in [9.17, 15) is 14.4 Å². The summed E-state index contributed by atoms with van der Waals surface area (Å²) in [5.41, 5.74) is 1.03. The normalized spacial score (nSPS) is 11.7. The third kappa shape index (κ3) is 2.89. The summed E-state index contributed by atoms with van der Waals surface area (Å²) in [6.07, 6.45) is 1.88. The number of carbonyl (C=O) groups excluding carboxylic acids is 1. The topological polar surface area (TPSA) is 40.9 Å². The Hall–Kier alpha value is -2.12. The molecule has 0 radical (unpaired) electrons. The number of thioether (sulfide) groups is 1. The first-order chi connectivity index (χ1) is 9.67. The summed E-state index contributed by atoms with van der Waals surface area (Å²) in [4.78, 5) is 13.3. The van der Waals surface area contributed by atoms with Crippen molar-refractivity contribution in [1.29, 1.82) is 5.26 Å². The molecule has 20 heavy (non-hydrogen) atoms. The van der Waals surface area contributed by atoms with Gasteiger partial charge in [0.25, 0.3) is 0 Å². The van der Waals surface area contributed by atoms with E-state index in [1.165, 1.54) is 36.0 Å². The molecule has 2 aromatic carbocycles. The van der Waals surface area contributed by atoms with Crippen LogP contribution in [-0.2, 0) is 0 Å². The summed E-state index contributed by atoms with van der Waals surface area (Å²) in [7, 11) is 0. The minimum Gasteiger partial charge on any atom is -0.292 e. The average Bonchev–Trinajstić information content (AvgIpc) is 2.49. The number of nitriles is 1. The average molecular weight is 285 g/mol. The zero-order valence-corrected chi connectivity index (χ0v) is 11.7. The Kier molecular flexibility index (Phi) is 4.54. The molecule has 0 saturated carbocycles. The van der Waals surface area contributed by atoms with Crippen LogP contribution in [0.25, 0.3) is 0 Å². The molecule has 0 heterocycles. The molecule has 0 fully saturated rings. The van der Waals surface area contributed by atoms with Crippen molar-refractivity contribution in [3.05, 3.63) is 65.5 Å². The number of nitrogens with zero attached hydrogens (tertiary/aromatic N) is 1. The molecule has 4 heteroatoms. The zero-order chi connectivity index (χ0) is 14.5. The van der Waals surface area contributed by atoms with Gasteiger partial charge < -0.3 is 0 Å². The van der Waals surface area contributed by atoms with Gasteiger partial charge >= 0.3 is 0 Å². The summed E-state index contributed by atoms with van der Waals surface area (Å²) in [5, 5.41) is 9.27. The lowest BCUT2D eigenvalue weighted by Gasteiger charge is -2.11. The maximum atomic E-state index is 12.9. The van der Waals surface area contributed by atoms with Crippen LogP contribution in [0.3, 0.4) is 0 Å². The van der Waals surface area contributed by atoms with Gasteiger partial charge in [0.05, 0.1) is 6.07 Å². The van der Waals surface area contributed by atoms with Gasteiger partial charge in [-0.3, -0.25) is 4.79 Å². The van der Waals surface area contributed by atoms with Crippen molar-refractivity contribution in [1.82, 2.24) is 0 Å². The van der Waals surface area contributed by atoms with E-state index in [0.29, 0.717) is 11.1 Å². The van der Waals surface area contributed by atoms with Crippen LogP contribution in [0.2, 0.25) is 0 Å². The highest BCUT2D eigenvalue weighted by molar-refractivity contribution is 7.98. The number of halogens is 1. The van der Waals surface area contributed by atoms with Gasteiger partial charge in [-0.1, -0.05) is 30.3 Å². The summed E-state index contributed by atoms with van der Waals surface area (Å²) in [6, 6.07) is 14.6. The SMILES string of the molecule is CSc1ccccc1C(=O)C(C#N)c1ccc(F)cc1. The fourth-order valence-electron chi connectivity index (χ4n) is 1.94. The van der Waals surface area contributed by atoms with Crippen LogP contribution < -0.4 is 0 Å². The van der Waals surface area contributed by atoms with Crippen LogP contribution in [0.4, 0.5) is 4.39 Å². The largest absolute Gasteiger partial charge is 0.292 e. The highest BCUT2D eigenvalue weighted by Gasteiger charge is 2.23. The lowest BCUT2D eigenvalue weighted by Crippen LogP contribution is -2.12. The van der Waals surface area contributed by atoms with E-state index in [0.717, 1.165) is 4.90 Å². The van der Waals surface area contributed by atoms with E-state index in [1.54, 1.807) is 12.1 Å². The first kappa shape index (κ1) is 14.3. The molecule has 0 aromatic heterocycles. The minimum absolute atomic E-state index is 0.260. The molecule has 0 spiro atoms. The van der Waals surface area contributed by atoms with Crippen LogP contribution in [0, 0.1) is 17.1 Å². The fourth-order valence-corrected chi connectivity index (χ4v) is 2.55. The van der Waals surface area contributed by atoms with Crippen molar-refractivity contribution in [3.63, 3.8) is 0 Å². The first-order valence-electron chi connectivity index (χ1n) is 5.99. The van der Waals surface area contributed by atoms with Crippen molar-refractivity contribution < 1.29 is 9.18 Å². The standard InChI is InChI=1S/C16H12FNOS/c1-20-15-5-3-2-4-13(15)16(19)14(10-18)11-6-8-12(17)9-7-11/h2-9,14H,1H3. The number of carbonyl (C=O) groups is 1. The van der Waals surface area contributed by atoms with Crippen molar-refractivity contribution >= 4 is 17.5 Å². The Balaban J connectivity index is 2.39. The van der Waals surface area contributed by atoms with Crippen LogP contribution in [0.1, 0.15) is 21.8 Å². The zero-order valence-electron chi connectivity index (χ0n) is 10.8. The molecule has 2 nitrogen and oxygen atoms in total. The van der Waals surface area contributed by atoms with Crippen LogP contribution >= 0.6 is 11.8 Å². The Morgan fingerprint density at radius 2 is 1.85 bits per heavy atom. The second kappa shape index (κ2) is 6.36. The maximum Gasteiger partial charge on any atom is 0.185 e. The van der Waals surface area contributed by atoms with Gasteiger partial charge in [-0.2, -0.15) is 5.26 Å². The van der Waals surface area contributed by atoms with Crippen molar-refractivity contribution in [2.24, 2.45) is 0 Å². The molecule has 1 unspecified atom stereocenters. The molecule has 2 aromatic rings. The number of ketones is 1. The fraction of sp³-hybridized carbons (Fsp3) is 0.125. The molecule has 0 aliphatic rings. The second-order valence-electron chi connectivity index (χ2n) is 4.18. The third-order valence-corrected chi connectivity index (χ3v) is 3.76. The summed E-state index contributed by atoms with van der Waals surface area (Å²) < 4.78 is 12.9. The van der Waals surface area contributed by atoms with E-state index < -0.39 is 5.92 Å². The van der Waals surface area contributed by atoms with Gasteiger partial charge in [-0.25, -0.2) is 4.39 Å². The predicted molar refractivity (Wildman–Crippen MR) is 77.3 cm³/mol. The molecule has 0 aliphatic heterocycles. The number of rotatable bonds is 4. The quantitative estimate of drug-likeness (QED) is 0.629. The molecule has 0 N–H and O–H groups in total.